The molecule has 0 spiro atoms. The number of nitrogens with zero attached hydrogens (tertiary/aromatic N) is 1. The van der Waals surface area contributed by atoms with Gasteiger partial charge < -0.3 is 4.57 Å². The van der Waals surface area contributed by atoms with Crippen molar-refractivity contribution in [2.45, 2.75) is 26.2 Å². The lowest BCUT2D eigenvalue weighted by molar-refractivity contribution is 0.590. The molecule has 1 heterocycles. The third kappa shape index (κ3) is 4.00. The van der Waals surface area contributed by atoms with Gasteiger partial charge in [0.1, 0.15) is 54.9 Å². The third-order valence-corrected chi connectivity index (χ3v) is 7.92. The fourth-order valence-electron chi connectivity index (χ4n) is 4.88. The van der Waals surface area contributed by atoms with Crippen LogP contribution in [0.1, 0.15) is 26.3 Å². The summed E-state index contributed by atoms with van der Waals surface area (Å²) < 4.78 is 2.38. The SMILES string of the molecule is [B]c1c([B])c([B])c2c(c1[B])c1c([B])c(Br)c([B])c([B])c1n2-c1ccc(-c2ccc(C(C)(C)C)cc2)cc1. The zero-order valence-electron chi connectivity index (χ0n) is 21.0. The van der Waals surface area contributed by atoms with E-state index in [0.717, 1.165) is 16.8 Å². The van der Waals surface area contributed by atoms with E-state index in [1.54, 1.807) is 0 Å². The highest BCUT2D eigenvalue weighted by atomic mass is 79.9. The summed E-state index contributed by atoms with van der Waals surface area (Å²) in [5.74, 6) is 0. The number of halogens is 1. The molecule has 0 amide bonds. The zero-order chi connectivity index (χ0) is 27.0. The minimum atomic E-state index is 0.0879. The van der Waals surface area contributed by atoms with Crippen molar-refractivity contribution in [1.29, 1.82) is 0 Å². The predicted octanol–water partition coefficient (Wildman–Crippen LogP) is 0.0673. The van der Waals surface area contributed by atoms with Crippen molar-refractivity contribution in [1.82, 2.24) is 4.57 Å². The van der Waals surface area contributed by atoms with E-state index in [2.05, 4.69) is 61.0 Å². The number of hydrogen-bond acceptors (Lipinski definition) is 0. The maximum absolute atomic E-state index is 6.56. The van der Waals surface area contributed by atoms with Gasteiger partial charge in [-0.25, -0.2) is 0 Å². The Balaban J connectivity index is 1.80. The molecular formula is C28H17B7BrN. The summed E-state index contributed by atoms with van der Waals surface area (Å²) in [4.78, 5) is 0. The van der Waals surface area contributed by atoms with Gasteiger partial charge in [-0.3, -0.25) is 0 Å². The summed E-state index contributed by atoms with van der Waals surface area (Å²) in [5, 5.41) is 1.18. The first-order valence-corrected chi connectivity index (χ1v) is 12.6. The maximum Gasteiger partial charge on any atom is 0.116 e. The zero-order valence-corrected chi connectivity index (χ0v) is 22.6. The summed E-state index contributed by atoms with van der Waals surface area (Å²) in [6, 6.07) is 16.7. The monoisotopic (exact) mass is 523 g/mol. The molecule has 162 valence electrons. The standard InChI is InChI=1S/C28H17B7BrN/c1-28(2,3)14-8-4-12(5-9-14)13-6-10-15(11-7-13)37-26-16(18(29)20(31)21(32)23(26)34)17-19(30)25(36)22(33)24(35)27(17)37/h4-11H,1-3H3. The summed E-state index contributed by atoms with van der Waals surface area (Å²) in [6.45, 7) is 6.60. The molecule has 0 N–H and O–H groups in total. The molecular weight excluding hydrogens is 506 g/mol. The number of fused-ring (bicyclic) bond motifs is 3. The Morgan fingerprint density at radius 1 is 0.541 bits per heavy atom. The van der Waals surface area contributed by atoms with Crippen LogP contribution in [0.3, 0.4) is 0 Å². The quantitative estimate of drug-likeness (QED) is 0.289. The van der Waals surface area contributed by atoms with E-state index >= 15 is 0 Å². The molecule has 4 aromatic carbocycles. The summed E-state index contributed by atoms with van der Waals surface area (Å²) in [5.41, 5.74) is 7.49. The lowest BCUT2D eigenvalue weighted by Gasteiger charge is -2.19. The molecule has 0 fully saturated rings. The molecule has 5 aromatic rings. The van der Waals surface area contributed by atoms with Gasteiger partial charge in [-0.05, 0) is 39.6 Å². The molecule has 1 aromatic heterocycles. The molecule has 0 aliphatic heterocycles. The summed E-state index contributed by atoms with van der Waals surface area (Å²) in [6.07, 6.45) is 0. The predicted molar refractivity (Wildman–Crippen MR) is 170 cm³/mol. The second kappa shape index (κ2) is 9.12. The fourth-order valence-corrected chi connectivity index (χ4v) is 5.30. The third-order valence-electron chi connectivity index (χ3n) is 7.06. The minimum Gasteiger partial charge on any atom is -0.311 e. The van der Waals surface area contributed by atoms with E-state index in [4.69, 9.17) is 54.9 Å². The van der Waals surface area contributed by atoms with E-state index in [-0.39, 0.29) is 27.3 Å². The van der Waals surface area contributed by atoms with Crippen molar-refractivity contribution in [2.24, 2.45) is 0 Å². The molecule has 14 radical (unpaired) electrons. The van der Waals surface area contributed by atoms with Crippen LogP contribution in [-0.4, -0.2) is 59.5 Å². The first-order chi connectivity index (χ1) is 17.3. The highest BCUT2D eigenvalue weighted by Gasteiger charge is 2.23. The van der Waals surface area contributed by atoms with Crippen LogP contribution in [0, 0.1) is 0 Å². The van der Waals surface area contributed by atoms with Crippen molar-refractivity contribution in [3.05, 3.63) is 58.6 Å². The number of benzene rings is 4. The van der Waals surface area contributed by atoms with Crippen molar-refractivity contribution in [2.75, 3.05) is 0 Å². The Hall–Kier alpha value is -2.39. The Kier molecular flexibility index (Phi) is 6.47. The number of aromatic nitrogens is 1. The van der Waals surface area contributed by atoms with E-state index in [1.807, 2.05) is 28.8 Å². The van der Waals surface area contributed by atoms with E-state index in [1.165, 1.54) is 5.56 Å². The average molecular weight is 523 g/mol. The van der Waals surface area contributed by atoms with Crippen LogP contribution in [0.25, 0.3) is 38.6 Å². The number of hydrogen-bond donors (Lipinski definition) is 0. The molecule has 0 atom stereocenters. The van der Waals surface area contributed by atoms with Crippen molar-refractivity contribution in [3.63, 3.8) is 0 Å². The van der Waals surface area contributed by atoms with Gasteiger partial charge in [0.15, 0.2) is 0 Å². The van der Waals surface area contributed by atoms with Gasteiger partial charge in [-0.1, -0.05) is 100 Å². The van der Waals surface area contributed by atoms with Crippen molar-refractivity contribution >= 4 is 131 Å². The van der Waals surface area contributed by atoms with Crippen LogP contribution in [-0.2, 0) is 5.41 Å². The van der Waals surface area contributed by atoms with Crippen LogP contribution >= 0.6 is 15.9 Å². The van der Waals surface area contributed by atoms with Crippen molar-refractivity contribution < 1.29 is 0 Å². The largest absolute Gasteiger partial charge is 0.311 e. The lowest BCUT2D eigenvalue weighted by atomic mass is 9.65. The Labute approximate surface area is 236 Å². The topological polar surface area (TPSA) is 4.93 Å². The van der Waals surface area contributed by atoms with Crippen LogP contribution in [0.5, 0.6) is 0 Å². The lowest BCUT2D eigenvalue weighted by Crippen LogP contribution is -2.48. The average Bonchev–Trinajstić information content (AvgIpc) is 3.24. The molecule has 0 saturated carbocycles. The Morgan fingerprint density at radius 3 is 1.49 bits per heavy atom. The van der Waals surface area contributed by atoms with E-state index in [0.29, 0.717) is 42.7 Å². The molecule has 37 heavy (non-hydrogen) atoms. The molecule has 0 bridgehead atoms. The van der Waals surface area contributed by atoms with Gasteiger partial charge in [-0.2, -0.15) is 0 Å². The molecule has 0 aliphatic carbocycles. The van der Waals surface area contributed by atoms with Crippen LogP contribution < -0.4 is 38.2 Å². The Bertz CT molecular complexity index is 1640. The number of rotatable bonds is 2. The minimum absolute atomic E-state index is 0.0879. The van der Waals surface area contributed by atoms with Gasteiger partial charge in [0, 0.05) is 26.6 Å². The van der Waals surface area contributed by atoms with E-state index in [9.17, 15) is 0 Å². The fraction of sp³-hybridized carbons (Fsp3) is 0.143. The first kappa shape index (κ1) is 26.2. The molecule has 1 nitrogen and oxygen atoms in total. The van der Waals surface area contributed by atoms with Gasteiger partial charge in [0.25, 0.3) is 0 Å². The van der Waals surface area contributed by atoms with Gasteiger partial charge in [-0.15, -0.1) is 10.9 Å². The van der Waals surface area contributed by atoms with Gasteiger partial charge >= 0.3 is 0 Å². The second-order valence-electron chi connectivity index (χ2n) is 10.4. The van der Waals surface area contributed by atoms with Crippen LogP contribution in [0.4, 0.5) is 0 Å². The van der Waals surface area contributed by atoms with Crippen LogP contribution in [0.15, 0.2) is 53.0 Å². The van der Waals surface area contributed by atoms with E-state index < -0.39 is 0 Å². The van der Waals surface area contributed by atoms with Gasteiger partial charge in [0.05, 0.1) is 0 Å². The molecule has 0 saturated heterocycles. The molecule has 0 aliphatic rings. The highest BCUT2D eigenvalue weighted by molar-refractivity contribution is 9.10. The second-order valence-corrected chi connectivity index (χ2v) is 11.2. The maximum atomic E-state index is 6.56. The summed E-state index contributed by atoms with van der Waals surface area (Å²) in [7, 11) is 44.9. The van der Waals surface area contributed by atoms with Crippen LogP contribution in [0.2, 0.25) is 0 Å². The summed E-state index contributed by atoms with van der Waals surface area (Å²) >= 11 is 3.46. The molecule has 5 rings (SSSR count). The smallest absolute Gasteiger partial charge is 0.116 e. The first-order valence-electron chi connectivity index (χ1n) is 11.8. The normalized spacial score (nSPS) is 12.0. The highest BCUT2D eigenvalue weighted by Crippen LogP contribution is 2.30. The Morgan fingerprint density at radius 2 is 0.973 bits per heavy atom. The molecule has 0 unspecified atom stereocenters. The molecule has 9 heteroatoms. The van der Waals surface area contributed by atoms with Gasteiger partial charge in [0.2, 0.25) is 0 Å². The van der Waals surface area contributed by atoms with Crippen molar-refractivity contribution in [3.8, 4) is 16.8 Å².